The Kier molecular flexibility index (Phi) is 10.8. The summed E-state index contributed by atoms with van der Waals surface area (Å²) in [5.74, 6) is -0.641. The molecule has 3 unspecified atom stereocenters. The van der Waals surface area contributed by atoms with E-state index in [1.165, 1.54) is 6.42 Å². The number of benzene rings is 1. The maximum atomic E-state index is 14.2. The van der Waals surface area contributed by atoms with E-state index in [0.29, 0.717) is 6.42 Å². The molecule has 1 aliphatic rings. The molecule has 7 nitrogen and oxygen atoms in total. The molecule has 0 aliphatic heterocycles. The van der Waals surface area contributed by atoms with Gasteiger partial charge >= 0.3 is 6.09 Å². The van der Waals surface area contributed by atoms with E-state index in [-0.39, 0.29) is 29.8 Å². The van der Waals surface area contributed by atoms with Crippen LogP contribution in [0.1, 0.15) is 104 Å². The summed E-state index contributed by atoms with van der Waals surface area (Å²) in [6, 6.07) is 6.00. The molecular formula is C29H47N3O4. The molecule has 1 aromatic carbocycles. The third kappa shape index (κ3) is 8.24. The van der Waals surface area contributed by atoms with Crippen molar-refractivity contribution in [3.05, 3.63) is 35.4 Å². The highest BCUT2D eigenvalue weighted by Crippen LogP contribution is 2.30. The zero-order chi connectivity index (χ0) is 27.0. The lowest BCUT2D eigenvalue weighted by atomic mass is 9.92. The van der Waals surface area contributed by atoms with Crippen LogP contribution in [0.5, 0.6) is 0 Å². The summed E-state index contributed by atoms with van der Waals surface area (Å²) in [5.41, 5.74) is 1.07. The number of hydrogen-bond acceptors (Lipinski definition) is 4. The highest BCUT2D eigenvalue weighted by atomic mass is 16.6. The van der Waals surface area contributed by atoms with Crippen molar-refractivity contribution in [1.82, 2.24) is 15.5 Å². The second kappa shape index (κ2) is 13.1. The number of ether oxygens (including phenoxy) is 1. The van der Waals surface area contributed by atoms with Crippen LogP contribution in [0, 0.1) is 12.8 Å². The molecule has 1 fully saturated rings. The molecule has 0 heterocycles. The van der Waals surface area contributed by atoms with Crippen molar-refractivity contribution < 1.29 is 19.1 Å². The summed E-state index contributed by atoms with van der Waals surface area (Å²) in [6.07, 6.45) is 5.33. The number of carbonyl (C=O) groups is 3. The summed E-state index contributed by atoms with van der Waals surface area (Å²) in [6.45, 7) is 15.1. The molecule has 36 heavy (non-hydrogen) atoms. The van der Waals surface area contributed by atoms with E-state index < -0.39 is 23.8 Å². The van der Waals surface area contributed by atoms with Crippen molar-refractivity contribution >= 4 is 17.9 Å². The molecule has 1 saturated carbocycles. The number of hydrogen-bond donors (Lipinski definition) is 2. The third-order valence-electron chi connectivity index (χ3n) is 6.89. The van der Waals surface area contributed by atoms with Gasteiger partial charge in [0.15, 0.2) is 0 Å². The van der Waals surface area contributed by atoms with Crippen molar-refractivity contribution in [2.45, 2.75) is 124 Å². The Labute approximate surface area is 217 Å². The maximum Gasteiger partial charge on any atom is 0.408 e. The standard InChI is InChI=1S/C29H47N3O4/c1-9-21(5)32(27(34)24(19(2)3)31-28(35)36-29(6,7)8)25(23-18-14-13-15-20(23)4)26(33)30-22-16-11-10-12-17-22/h13-15,18-19,21-22,24-25H,9-12,16-17H2,1-8H3,(H,30,33)(H,31,35). The Morgan fingerprint density at radius 1 is 1.06 bits per heavy atom. The topological polar surface area (TPSA) is 87.7 Å². The van der Waals surface area contributed by atoms with Gasteiger partial charge in [0, 0.05) is 12.1 Å². The average molecular weight is 502 g/mol. The van der Waals surface area contributed by atoms with E-state index >= 15 is 0 Å². The number of rotatable bonds is 9. The van der Waals surface area contributed by atoms with Crippen LogP contribution < -0.4 is 10.6 Å². The Morgan fingerprint density at radius 2 is 1.67 bits per heavy atom. The maximum absolute atomic E-state index is 14.2. The lowest BCUT2D eigenvalue weighted by Gasteiger charge is -2.40. The third-order valence-corrected chi connectivity index (χ3v) is 6.89. The van der Waals surface area contributed by atoms with Gasteiger partial charge in [0.1, 0.15) is 17.7 Å². The highest BCUT2D eigenvalue weighted by molar-refractivity contribution is 5.92. The van der Waals surface area contributed by atoms with Gasteiger partial charge in [-0.3, -0.25) is 9.59 Å². The van der Waals surface area contributed by atoms with Gasteiger partial charge in [0.2, 0.25) is 11.8 Å². The normalized spacial score (nSPS) is 17.1. The van der Waals surface area contributed by atoms with Gasteiger partial charge in [0.25, 0.3) is 0 Å². The molecule has 3 atom stereocenters. The lowest BCUT2D eigenvalue weighted by molar-refractivity contribution is -0.146. The molecule has 0 spiro atoms. The van der Waals surface area contributed by atoms with E-state index in [2.05, 4.69) is 10.6 Å². The molecule has 0 bridgehead atoms. The van der Waals surface area contributed by atoms with Crippen molar-refractivity contribution in [2.75, 3.05) is 0 Å². The van der Waals surface area contributed by atoms with Crippen LogP contribution in [0.3, 0.4) is 0 Å². The number of alkyl carbamates (subject to hydrolysis) is 1. The zero-order valence-electron chi connectivity index (χ0n) is 23.5. The Hall–Kier alpha value is -2.57. The van der Waals surface area contributed by atoms with Crippen LogP contribution in [-0.4, -0.2) is 46.5 Å². The molecule has 3 amide bonds. The van der Waals surface area contributed by atoms with Crippen molar-refractivity contribution in [1.29, 1.82) is 0 Å². The molecular weight excluding hydrogens is 454 g/mol. The second-order valence-electron chi connectivity index (χ2n) is 11.5. The van der Waals surface area contributed by atoms with Gasteiger partial charge in [-0.1, -0.05) is 64.3 Å². The number of amides is 3. The molecule has 2 N–H and O–H groups in total. The summed E-state index contributed by atoms with van der Waals surface area (Å²) in [5, 5.41) is 6.04. The minimum Gasteiger partial charge on any atom is -0.444 e. The second-order valence-corrected chi connectivity index (χ2v) is 11.5. The van der Waals surface area contributed by atoms with E-state index in [1.807, 2.05) is 58.9 Å². The molecule has 1 aromatic rings. The van der Waals surface area contributed by atoms with E-state index in [4.69, 9.17) is 4.74 Å². The van der Waals surface area contributed by atoms with Gasteiger partial charge in [-0.05, 0) is 70.9 Å². The summed E-state index contributed by atoms with van der Waals surface area (Å²) >= 11 is 0. The predicted molar refractivity (Wildman–Crippen MR) is 144 cm³/mol. The minimum atomic E-state index is -0.831. The minimum absolute atomic E-state index is 0.118. The van der Waals surface area contributed by atoms with Crippen LogP contribution in [0.25, 0.3) is 0 Å². The van der Waals surface area contributed by atoms with Gasteiger partial charge in [-0.15, -0.1) is 0 Å². The SMILES string of the molecule is CCC(C)N(C(=O)C(NC(=O)OC(C)(C)C)C(C)C)C(C(=O)NC1CCCCC1)c1ccccc1C. The number of carbonyl (C=O) groups excluding carboxylic acids is 3. The van der Waals surface area contributed by atoms with Crippen molar-refractivity contribution in [3.63, 3.8) is 0 Å². The Morgan fingerprint density at radius 3 is 2.19 bits per heavy atom. The van der Waals surface area contributed by atoms with Gasteiger partial charge in [0.05, 0.1) is 0 Å². The fraction of sp³-hybridized carbons (Fsp3) is 0.690. The molecule has 7 heteroatoms. The van der Waals surface area contributed by atoms with Gasteiger partial charge < -0.3 is 20.3 Å². The highest BCUT2D eigenvalue weighted by Gasteiger charge is 2.40. The number of nitrogens with one attached hydrogen (secondary N) is 2. The smallest absolute Gasteiger partial charge is 0.408 e. The molecule has 202 valence electrons. The Bertz CT molecular complexity index is 887. The van der Waals surface area contributed by atoms with E-state index in [0.717, 1.165) is 36.8 Å². The fourth-order valence-corrected chi connectivity index (χ4v) is 4.74. The van der Waals surface area contributed by atoms with Gasteiger partial charge in [-0.25, -0.2) is 4.79 Å². The quantitative estimate of drug-likeness (QED) is 0.457. The number of nitrogens with zero attached hydrogens (tertiary/aromatic N) is 1. The van der Waals surface area contributed by atoms with Crippen LogP contribution in [0.15, 0.2) is 24.3 Å². The lowest BCUT2D eigenvalue weighted by Crippen LogP contribution is -2.57. The van der Waals surface area contributed by atoms with E-state index in [1.54, 1.807) is 25.7 Å². The fourth-order valence-electron chi connectivity index (χ4n) is 4.74. The van der Waals surface area contributed by atoms with Crippen molar-refractivity contribution in [2.24, 2.45) is 5.92 Å². The summed E-state index contributed by atoms with van der Waals surface area (Å²) in [4.78, 5) is 42.4. The first-order chi connectivity index (χ1) is 16.9. The monoisotopic (exact) mass is 501 g/mol. The molecule has 2 rings (SSSR count). The van der Waals surface area contributed by atoms with Gasteiger partial charge in [-0.2, -0.15) is 0 Å². The summed E-state index contributed by atoms with van der Waals surface area (Å²) in [7, 11) is 0. The van der Waals surface area contributed by atoms with E-state index in [9.17, 15) is 14.4 Å². The van der Waals surface area contributed by atoms with Crippen LogP contribution >= 0.6 is 0 Å². The molecule has 1 aliphatic carbocycles. The zero-order valence-corrected chi connectivity index (χ0v) is 23.5. The first-order valence-electron chi connectivity index (χ1n) is 13.5. The number of aryl methyl sites for hydroxylation is 1. The molecule has 0 saturated heterocycles. The van der Waals surface area contributed by atoms with Crippen LogP contribution in [-0.2, 0) is 14.3 Å². The predicted octanol–water partition coefficient (Wildman–Crippen LogP) is 5.66. The Balaban J connectivity index is 2.48. The first-order valence-corrected chi connectivity index (χ1v) is 13.5. The van der Waals surface area contributed by atoms with Crippen LogP contribution in [0.4, 0.5) is 4.79 Å². The van der Waals surface area contributed by atoms with Crippen molar-refractivity contribution in [3.8, 4) is 0 Å². The average Bonchev–Trinajstić information content (AvgIpc) is 2.80. The first kappa shape index (κ1) is 29.7. The molecule has 0 radical (unpaired) electrons. The largest absolute Gasteiger partial charge is 0.444 e. The summed E-state index contributed by atoms with van der Waals surface area (Å²) < 4.78 is 5.45. The molecule has 0 aromatic heterocycles. The van der Waals surface area contributed by atoms with Crippen LogP contribution in [0.2, 0.25) is 0 Å².